The molecule has 0 radical (unpaired) electrons. The molecule has 1 saturated heterocycles. The first kappa shape index (κ1) is 11.4. The van der Waals surface area contributed by atoms with E-state index in [0.717, 1.165) is 6.42 Å². The first-order chi connectivity index (χ1) is 8.66. The van der Waals surface area contributed by atoms with Crippen molar-refractivity contribution in [3.8, 4) is 0 Å². The zero-order valence-corrected chi connectivity index (χ0v) is 9.76. The number of rotatable bonds is 2. The standard InChI is InChI=1S/C12H15N3O3/c13-9-6-4-5-18-11(6)10(9)15-12(17)7-2-1-3-8(16)14-7/h1-3,6,9-11H,4-5,13H2,(H,14,16)(H,15,17). The molecule has 18 heavy (non-hydrogen) atoms. The van der Waals surface area contributed by atoms with Crippen LogP contribution in [0, 0.1) is 5.92 Å². The second kappa shape index (κ2) is 4.22. The van der Waals surface area contributed by atoms with Crippen LogP contribution in [0.3, 0.4) is 0 Å². The van der Waals surface area contributed by atoms with Crippen LogP contribution in [0.1, 0.15) is 16.9 Å². The smallest absolute Gasteiger partial charge is 0.268 e. The van der Waals surface area contributed by atoms with Crippen LogP contribution in [0.2, 0.25) is 0 Å². The van der Waals surface area contributed by atoms with Crippen LogP contribution in [0.4, 0.5) is 0 Å². The third-order valence-electron chi connectivity index (χ3n) is 3.76. The molecule has 1 saturated carbocycles. The summed E-state index contributed by atoms with van der Waals surface area (Å²) in [6.07, 6.45) is 0.986. The number of pyridine rings is 1. The largest absolute Gasteiger partial charge is 0.376 e. The number of nitrogens with one attached hydrogen (secondary N) is 2. The van der Waals surface area contributed by atoms with Crippen LogP contribution in [-0.2, 0) is 4.74 Å². The van der Waals surface area contributed by atoms with Crippen molar-refractivity contribution in [1.29, 1.82) is 0 Å². The predicted molar refractivity (Wildman–Crippen MR) is 64.1 cm³/mol. The third kappa shape index (κ3) is 1.74. The minimum absolute atomic E-state index is 0.0272. The van der Waals surface area contributed by atoms with Crippen molar-refractivity contribution in [3.05, 3.63) is 34.2 Å². The molecule has 1 aromatic rings. The van der Waals surface area contributed by atoms with Gasteiger partial charge >= 0.3 is 0 Å². The Balaban J connectivity index is 1.70. The molecule has 1 amide bonds. The summed E-state index contributed by atoms with van der Waals surface area (Å²) in [6.45, 7) is 0.706. The number of ether oxygens (including phenoxy) is 1. The lowest BCUT2D eigenvalue weighted by atomic mass is 9.72. The Hall–Kier alpha value is -1.66. The van der Waals surface area contributed by atoms with Gasteiger partial charge in [0.05, 0.1) is 12.1 Å². The number of aromatic nitrogens is 1. The summed E-state index contributed by atoms with van der Waals surface area (Å²) in [4.78, 5) is 25.6. The molecule has 1 aromatic heterocycles. The van der Waals surface area contributed by atoms with Gasteiger partial charge in [0.15, 0.2) is 0 Å². The van der Waals surface area contributed by atoms with Crippen LogP contribution in [0.15, 0.2) is 23.0 Å². The van der Waals surface area contributed by atoms with Gasteiger partial charge in [0.1, 0.15) is 5.69 Å². The number of aromatic amines is 1. The Labute approximate surface area is 104 Å². The predicted octanol–water partition coefficient (Wildman–Crippen LogP) is -0.781. The molecule has 0 aromatic carbocycles. The topological polar surface area (TPSA) is 97.2 Å². The number of amides is 1. The Bertz CT molecular complexity index is 527. The van der Waals surface area contributed by atoms with Crippen LogP contribution in [0.25, 0.3) is 0 Å². The molecular formula is C12H15N3O3. The van der Waals surface area contributed by atoms with Crippen molar-refractivity contribution in [1.82, 2.24) is 10.3 Å². The van der Waals surface area contributed by atoms with Gasteiger partial charge in [-0.15, -0.1) is 0 Å². The summed E-state index contributed by atoms with van der Waals surface area (Å²) in [6, 6.07) is 4.25. The van der Waals surface area contributed by atoms with E-state index in [0.29, 0.717) is 12.5 Å². The van der Waals surface area contributed by atoms with Gasteiger partial charge in [-0.3, -0.25) is 9.59 Å². The molecule has 0 spiro atoms. The van der Waals surface area contributed by atoms with Gasteiger partial charge < -0.3 is 20.8 Å². The van der Waals surface area contributed by atoms with E-state index in [9.17, 15) is 9.59 Å². The average Bonchev–Trinajstić information content (AvgIpc) is 2.80. The van der Waals surface area contributed by atoms with E-state index in [1.54, 1.807) is 12.1 Å². The summed E-state index contributed by atoms with van der Waals surface area (Å²) in [5, 5.41) is 2.82. The number of nitrogens with two attached hydrogens (primary N) is 1. The normalized spacial score (nSPS) is 33.6. The fourth-order valence-electron chi connectivity index (χ4n) is 2.74. The van der Waals surface area contributed by atoms with E-state index < -0.39 is 0 Å². The maximum Gasteiger partial charge on any atom is 0.268 e. The minimum Gasteiger partial charge on any atom is -0.376 e. The first-order valence-electron chi connectivity index (χ1n) is 6.04. The average molecular weight is 249 g/mol. The number of hydrogen-bond donors (Lipinski definition) is 3. The lowest BCUT2D eigenvalue weighted by Gasteiger charge is -2.45. The summed E-state index contributed by atoms with van der Waals surface area (Å²) < 4.78 is 5.53. The van der Waals surface area contributed by atoms with Crippen LogP contribution < -0.4 is 16.6 Å². The van der Waals surface area contributed by atoms with E-state index in [4.69, 9.17) is 10.5 Å². The highest BCUT2D eigenvalue weighted by atomic mass is 16.5. The highest BCUT2D eigenvalue weighted by Gasteiger charge is 2.52. The van der Waals surface area contributed by atoms with Gasteiger partial charge in [0.2, 0.25) is 5.56 Å². The Kier molecular flexibility index (Phi) is 2.68. The zero-order chi connectivity index (χ0) is 12.7. The Morgan fingerprint density at radius 3 is 3.11 bits per heavy atom. The number of carbonyl (C=O) groups excluding carboxylic acids is 1. The van der Waals surface area contributed by atoms with E-state index in [-0.39, 0.29) is 35.3 Å². The summed E-state index contributed by atoms with van der Waals surface area (Å²) in [7, 11) is 0. The number of carbonyl (C=O) groups is 1. The lowest BCUT2D eigenvalue weighted by Crippen LogP contribution is -2.69. The Morgan fingerprint density at radius 2 is 2.33 bits per heavy atom. The van der Waals surface area contributed by atoms with E-state index in [1.807, 2.05) is 0 Å². The zero-order valence-electron chi connectivity index (χ0n) is 9.76. The van der Waals surface area contributed by atoms with Crippen molar-refractivity contribution < 1.29 is 9.53 Å². The second-order valence-corrected chi connectivity index (χ2v) is 4.79. The third-order valence-corrected chi connectivity index (χ3v) is 3.76. The molecule has 2 heterocycles. The molecule has 96 valence electrons. The van der Waals surface area contributed by atoms with Gasteiger partial charge in [-0.2, -0.15) is 0 Å². The summed E-state index contributed by atoms with van der Waals surface area (Å²) in [5.74, 6) is 0.0345. The van der Waals surface area contributed by atoms with Crippen molar-refractivity contribution in [2.45, 2.75) is 24.6 Å². The van der Waals surface area contributed by atoms with Crippen LogP contribution in [-0.4, -0.2) is 35.7 Å². The fourth-order valence-corrected chi connectivity index (χ4v) is 2.74. The Morgan fingerprint density at radius 1 is 1.50 bits per heavy atom. The van der Waals surface area contributed by atoms with Gasteiger partial charge in [0.25, 0.3) is 5.91 Å². The highest BCUT2D eigenvalue weighted by molar-refractivity contribution is 5.92. The van der Waals surface area contributed by atoms with Crippen LogP contribution >= 0.6 is 0 Å². The van der Waals surface area contributed by atoms with Crippen molar-refractivity contribution in [2.24, 2.45) is 11.7 Å². The van der Waals surface area contributed by atoms with Crippen molar-refractivity contribution in [2.75, 3.05) is 6.61 Å². The molecule has 4 atom stereocenters. The molecule has 4 N–H and O–H groups in total. The van der Waals surface area contributed by atoms with Gasteiger partial charge in [-0.25, -0.2) is 0 Å². The molecule has 6 heteroatoms. The molecule has 2 aliphatic rings. The molecule has 2 fully saturated rings. The number of hydrogen-bond acceptors (Lipinski definition) is 4. The molecule has 3 rings (SSSR count). The summed E-state index contributed by atoms with van der Waals surface area (Å²) in [5.41, 5.74) is 5.95. The maximum atomic E-state index is 11.9. The second-order valence-electron chi connectivity index (χ2n) is 4.79. The quantitative estimate of drug-likeness (QED) is 0.640. The van der Waals surface area contributed by atoms with E-state index >= 15 is 0 Å². The molecule has 6 nitrogen and oxygen atoms in total. The first-order valence-corrected chi connectivity index (χ1v) is 6.04. The van der Waals surface area contributed by atoms with Crippen molar-refractivity contribution >= 4 is 5.91 Å². The minimum atomic E-state index is -0.317. The molecule has 1 aliphatic heterocycles. The van der Waals surface area contributed by atoms with Crippen LogP contribution in [0.5, 0.6) is 0 Å². The van der Waals surface area contributed by atoms with Crippen molar-refractivity contribution in [3.63, 3.8) is 0 Å². The SMILES string of the molecule is NC1C2CCOC2C1NC(=O)c1cccc(=O)[nH]1. The molecular weight excluding hydrogens is 234 g/mol. The van der Waals surface area contributed by atoms with Gasteiger partial charge in [-0.1, -0.05) is 6.07 Å². The number of fused-ring (bicyclic) bond motifs is 1. The number of H-pyrrole nitrogens is 1. The highest BCUT2D eigenvalue weighted by Crippen LogP contribution is 2.37. The van der Waals surface area contributed by atoms with E-state index in [2.05, 4.69) is 10.3 Å². The lowest BCUT2D eigenvalue weighted by molar-refractivity contribution is -0.0161. The summed E-state index contributed by atoms with van der Waals surface area (Å²) >= 11 is 0. The molecule has 4 unspecified atom stereocenters. The maximum absolute atomic E-state index is 11.9. The van der Waals surface area contributed by atoms with Gasteiger partial charge in [-0.05, 0) is 12.5 Å². The van der Waals surface area contributed by atoms with E-state index in [1.165, 1.54) is 6.07 Å². The molecule has 0 bridgehead atoms. The monoisotopic (exact) mass is 249 g/mol. The van der Waals surface area contributed by atoms with Gasteiger partial charge in [0, 0.05) is 24.6 Å². The molecule has 1 aliphatic carbocycles. The fraction of sp³-hybridized carbons (Fsp3) is 0.500.